The number of anilines is 2. The zero-order chi connectivity index (χ0) is 15.5. The van der Waals surface area contributed by atoms with Crippen molar-refractivity contribution in [3.63, 3.8) is 0 Å². The van der Waals surface area contributed by atoms with Crippen LogP contribution in [0.3, 0.4) is 0 Å². The number of nitrogens with one attached hydrogen (secondary N) is 1. The molecule has 0 heterocycles. The lowest BCUT2D eigenvalue weighted by atomic mass is 9.85. The fourth-order valence-corrected chi connectivity index (χ4v) is 2.64. The van der Waals surface area contributed by atoms with Crippen LogP contribution in [0, 0.1) is 5.41 Å². The third-order valence-electron chi connectivity index (χ3n) is 3.57. The number of hydrogen-bond donors (Lipinski definition) is 1. The zero-order valence-corrected chi connectivity index (χ0v) is 13.9. The molecule has 0 aliphatic carbocycles. The molecular weight excluding hydrogens is 254 g/mol. The lowest BCUT2D eigenvalue weighted by Crippen LogP contribution is -2.12. The van der Waals surface area contributed by atoms with E-state index in [-0.39, 0.29) is 5.41 Å². The van der Waals surface area contributed by atoms with E-state index in [0.29, 0.717) is 5.92 Å². The first-order valence-corrected chi connectivity index (χ1v) is 7.81. The minimum Gasteiger partial charge on any atom is -0.355 e. The highest BCUT2D eigenvalue weighted by atomic mass is 14.9. The van der Waals surface area contributed by atoms with Gasteiger partial charge in [0, 0.05) is 11.4 Å². The molecule has 0 fully saturated rings. The highest BCUT2D eigenvalue weighted by Crippen LogP contribution is 2.34. The van der Waals surface area contributed by atoms with Crippen LogP contribution >= 0.6 is 0 Å². The van der Waals surface area contributed by atoms with Crippen molar-refractivity contribution in [2.45, 2.75) is 47.0 Å². The molecule has 1 heteroatoms. The molecule has 1 nitrogen and oxygen atoms in total. The predicted octanol–water partition coefficient (Wildman–Crippen LogP) is 6.14. The van der Waals surface area contributed by atoms with Crippen molar-refractivity contribution in [2.24, 2.45) is 5.41 Å². The molecule has 0 aromatic heterocycles. The van der Waals surface area contributed by atoms with Gasteiger partial charge in [0.1, 0.15) is 0 Å². The van der Waals surface area contributed by atoms with Crippen LogP contribution in [0.25, 0.3) is 0 Å². The third kappa shape index (κ3) is 4.35. The van der Waals surface area contributed by atoms with Crippen LogP contribution in [0.5, 0.6) is 0 Å². The minimum atomic E-state index is 0.280. The number of para-hydroxylation sites is 2. The third-order valence-corrected chi connectivity index (χ3v) is 3.57. The Hall–Kier alpha value is -1.76. The number of rotatable bonds is 4. The van der Waals surface area contributed by atoms with Gasteiger partial charge in [-0.05, 0) is 41.0 Å². The van der Waals surface area contributed by atoms with Crippen LogP contribution in [-0.2, 0) is 6.42 Å². The molecule has 0 bridgehead atoms. The first kappa shape index (κ1) is 15.6. The highest BCUT2D eigenvalue weighted by molar-refractivity contribution is 5.67. The SMILES string of the molecule is CC(C)c1cccc(CC(C)(C)C)c1Nc1ccccc1. The van der Waals surface area contributed by atoms with Crippen LogP contribution < -0.4 is 5.32 Å². The van der Waals surface area contributed by atoms with E-state index in [9.17, 15) is 0 Å². The van der Waals surface area contributed by atoms with Crippen molar-refractivity contribution in [1.82, 2.24) is 0 Å². The topological polar surface area (TPSA) is 12.0 Å². The molecule has 0 atom stereocenters. The first-order valence-electron chi connectivity index (χ1n) is 7.81. The summed E-state index contributed by atoms with van der Waals surface area (Å²) in [5, 5.41) is 3.65. The Morgan fingerprint density at radius 3 is 2.14 bits per heavy atom. The van der Waals surface area contributed by atoms with Gasteiger partial charge in [0.15, 0.2) is 0 Å². The van der Waals surface area contributed by atoms with Gasteiger partial charge in [-0.2, -0.15) is 0 Å². The van der Waals surface area contributed by atoms with Crippen molar-refractivity contribution < 1.29 is 0 Å². The monoisotopic (exact) mass is 281 g/mol. The van der Waals surface area contributed by atoms with Gasteiger partial charge >= 0.3 is 0 Å². The van der Waals surface area contributed by atoms with Gasteiger partial charge in [-0.25, -0.2) is 0 Å². The van der Waals surface area contributed by atoms with Crippen molar-refractivity contribution in [3.05, 3.63) is 59.7 Å². The van der Waals surface area contributed by atoms with E-state index in [0.717, 1.165) is 12.1 Å². The normalized spacial score (nSPS) is 11.7. The largest absolute Gasteiger partial charge is 0.355 e. The molecule has 0 aliphatic heterocycles. The maximum Gasteiger partial charge on any atom is 0.0452 e. The predicted molar refractivity (Wildman–Crippen MR) is 93.4 cm³/mol. The average molecular weight is 281 g/mol. The van der Waals surface area contributed by atoms with Crippen LogP contribution in [0.1, 0.15) is 51.7 Å². The molecule has 2 aromatic carbocycles. The quantitative estimate of drug-likeness (QED) is 0.709. The summed E-state index contributed by atoms with van der Waals surface area (Å²) in [5.41, 5.74) is 5.51. The first-order chi connectivity index (χ1) is 9.87. The van der Waals surface area contributed by atoms with E-state index >= 15 is 0 Å². The molecule has 21 heavy (non-hydrogen) atoms. The molecule has 0 radical (unpaired) electrons. The Morgan fingerprint density at radius 1 is 0.905 bits per heavy atom. The standard InChI is InChI=1S/C20H27N/c1-15(2)18-13-9-10-16(14-20(3,4)5)19(18)21-17-11-7-6-8-12-17/h6-13,15,21H,14H2,1-5H3. The molecule has 0 spiro atoms. The van der Waals surface area contributed by atoms with E-state index < -0.39 is 0 Å². The van der Waals surface area contributed by atoms with E-state index in [1.54, 1.807) is 0 Å². The molecule has 0 amide bonds. The maximum atomic E-state index is 3.65. The van der Waals surface area contributed by atoms with Crippen molar-refractivity contribution in [2.75, 3.05) is 5.32 Å². The zero-order valence-electron chi connectivity index (χ0n) is 13.9. The average Bonchev–Trinajstić information content (AvgIpc) is 2.40. The summed E-state index contributed by atoms with van der Waals surface area (Å²) in [5.74, 6) is 0.510. The van der Waals surface area contributed by atoms with Crippen LogP contribution in [0.4, 0.5) is 11.4 Å². The van der Waals surface area contributed by atoms with Crippen LogP contribution in [0.15, 0.2) is 48.5 Å². The Morgan fingerprint density at radius 2 is 1.57 bits per heavy atom. The molecular formula is C20H27N. The summed E-state index contributed by atoms with van der Waals surface area (Å²) >= 11 is 0. The maximum absolute atomic E-state index is 3.65. The fourth-order valence-electron chi connectivity index (χ4n) is 2.64. The Bertz CT molecular complexity index is 577. The second kappa shape index (κ2) is 6.34. The van der Waals surface area contributed by atoms with Gasteiger partial charge in [-0.15, -0.1) is 0 Å². The highest BCUT2D eigenvalue weighted by Gasteiger charge is 2.17. The van der Waals surface area contributed by atoms with Crippen molar-refractivity contribution >= 4 is 11.4 Å². The summed E-state index contributed by atoms with van der Waals surface area (Å²) in [6.45, 7) is 11.4. The van der Waals surface area contributed by atoms with E-state index in [4.69, 9.17) is 0 Å². The van der Waals surface area contributed by atoms with Gasteiger partial charge in [-0.1, -0.05) is 71.0 Å². The van der Waals surface area contributed by atoms with Crippen molar-refractivity contribution in [1.29, 1.82) is 0 Å². The smallest absolute Gasteiger partial charge is 0.0452 e. The summed E-state index contributed by atoms with van der Waals surface area (Å²) < 4.78 is 0. The molecule has 0 aliphatic rings. The lowest BCUT2D eigenvalue weighted by Gasteiger charge is -2.24. The molecule has 1 N–H and O–H groups in total. The summed E-state index contributed by atoms with van der Waals surface area (Å²) in [6.07, 6.45) is 1.07. The summed E-state index contributed by atoms with van der Waals surface area (Å²) in [4.78, 5) is 0. The van der Waals surface area contributed by atoms with E-state index in [2.05, 4.69) is 88.5 Å². The van der Waals surface area contributed by atoms with E-state index in [1.807, 2.05) is 0 Å². The van der Waals surface area contributed by atoms with Gasteiger partial charge in [0.2, 0.25) is 0 Å². The minimum absolute atomic E-state index is 0.280. The Kier molecular flexibility index (Phi) is 4.72. The fraction of sp³-hybridized carbons (Fsp3) is 0.400. The van der Waals surface area contributed by atoms with Gasteiger partial charge < -0.3 is 5.32 Å². The Balaban J connectivity index is 2.43. The summed E-state index contributed by atoms with van der Waals surface area (Å²) in [6, 6.07) is 17.1. The number of hydrogen-bond acceptors (Lipinski definition) is 1. The molecule has 2 aromatic rings. The summed E-state index contributed by atoms with van der Waals surface area (Å²) in [7, 11) is 0. The molecule has 0 saturated heterocycles. The van der Waals surface area contributed by atoms with E-state index in [1.165, 1.54) is 16.8 Å². The molecule has 0 saturated carbocycles. The molecule has 112 valence electrons. The van der Waals surface area contributed by atoms with Gasteiger partial charge in [0.05, 0.1) is 0 Å². The molecule has 2 rings (SSSR count). The number of benzene rings is 2. The van der Waals surface area contributed by atoms with Crippen LogP contribution in [-0.4, -0.2) is 0 Å². The lowest BCUT2D eigenvalue weighted by molar-refractivity contribution is 0.411. The molecule has 0 unspecified atom stereocenters. The second-order valence-electron chi connectivity index (χ2n) is 7.26. The van der Waals surface area contributed by atoms with Gasteiger partial charge in [-0.3, -0.25) is 0 Å². The second-order valence-corrected chi connectivity index (χ2v) is 7.26. The van der Waals surface area contributed by atoms with Crippen LogP contribution in [0.2, 0.25) is 0 Å². The van der Waals surface area contributed by atoms with Gasteiger partial charge in [0.25, 0.3) is 0 Å². The Labute approximate surface area is 129 Å². The van der Waals surface area contributed by atoms with Crippen molar-refractivity contribution in [3.8, 4) is 0 Å².